The van der Waals surface area contributed by atoms with Gasteiger partial charge in [0.15, 0.2) is 0 Å². The summed E-state index contributed by atoms with van der Waals surface area (Å²) in [5, 5.41) is 12.1. The highest BCUT2D eigenvalue weighted by atomic mass is 16.4. The molecule has 19 heavy (non-hydrogen) atoms. The molecule has 6 heteroatoms. The van der Waals surface area contributed by atoms with Gasteiger partial charge in [-0.15, -0.1) is 0 Å². The van der Waals surface area contributed by atoms with Gasteiger partial charge in [-0.05, 0) is 19.8 Å². The van der Waals surface area contributed by atoms with Crippen molar-refractivity contribution in [3.63, 3.8) is 0 Å². The van der Waals surface area contributed by atoms with Gasteiger partial charge in [-0.1, -0.05) is 13.8 Å². The van der Waals surface area contributed by atoms with Gasteiger partial charge in [0.1, 0.15) is 5.82 Å². The van der Waals surface area contributed by atoms with Gasteiger partial charge >= 0.3 is 5.97 Å². The maximum Gasteiger partial charge on any atom is 0.310 e. The van der Waals surface area contributed by atoms with Crippen LogP contribution in [0.25, 0.3) is 0 Å². The fourth-order valence-electron chi connectivity index (χ4n) is 2.06. The smallest absolute Gasteiger partial charge is 0.310 e. The quantitative estimate of drug-likeness (QED) is 0.702. The second-order valence-corrected chi connectivity index (χ2v) is 4.73. The number of carboxylic acids is 1. The molecule has 0 radical (unpaired) electrons. The van der Waals surface area contributed by atoms with Gasteiger partial charge < -0.3 is 15.4 Å². The molecule has 0 bridgehead atoms. The molecule has 1 unspecified atom stereocenters. The summed E-state index contributed by atoms with van der Waals surface area (Å²) in [5.41, 5.74) is -0.979. The van der Waals surface area contributed by atoms with Crippen molar-refractivity contribution in [3.8, 4) is 0 Å². The summed E-state index contributed by atoms with van der Waals surface area (Å²) in [5.74, 6) is -0.532. The number of amides is 1. The van der Waals surface area contributed by atoms with Gasteiger partial charge in [-0.2, -0.15) is 0 Å². The van der Waals surface area contributed by atoms with E-state index in [-0.39, 0.29) is 18.4 Å². The zero-order chi connectivity index (χ0) is 14.5. The van der Waals surface area contributed by atoms with Crippen LogP contribution >= 0.6 is 0 Å². The van der Waals surface area contributed by atoms with Gasteiger partial charge in [0, 0.05) is 18.8 Å². The predicted molar refractivity (Wildman–Crippen MR) is 70.4 cm³/mol. The second-order valence-electron chi connectivity index (χ2n) is 4.73. The normalized spacial score (nSPS) is 13.0. The monoisotopic (exact) mass is 267 g/mol. The Balaban J connectivity index is 2.66. The molecule has 0 fully saturated rings. The number of carboxylic acid groups (broad SMARTS) is 1. The SMILES string of the molecule is CCC(CC)(CC(=O)NC(C)c1ncc[nH]1)C(=O)O. The van der Waals surface area contributed by atoms with E-state index in [4.69, 9.17) is 0 Å². The first kappa shape index (κ1) is 15.2. The zero-order valence-corrected chi connectivity index (χ0v) is 11.6. The summed E-state index contributed by atoms with van der Waals surface area (Å²) in [6.07, 6.45) is 4.14. The van der Waals surface area contributed by atoms with Crippen LogP contribution < -0.4 is 5.32 Å². The lowest BCUT2D eigenvalue weighted by Gasteiger charge is -2.26. The lowest BCUT2D eigenvalue weighted by Crippen LogP contribution is -2.37. The van der Waals surface area contributed by atoms with E-state index in [0.717, 1.165) is 0 Å². The number of H-pyrrole nitrogens is 1. The summed E-state index contributed by atoms with van der Waals surface area (Å²) in [4.78, 5) is 30.3. The molecule has 0 saturated heterocycles. The van der Waals surface area contributed by atoms with Gasteiger partial charge in [-0.3, -0.25) is 9.59 Å². The van der Waals surface area contributed by atoms with E-state index in [1.807, 2.05) is 0 Å². The average molecular weight is 267 g/mol. The van der Waals surface area contributed by atoms with Crippen molar-refractivity contribution in [1.29, 1.82) is 0 Å². The Labute approximate surface area is 112 Å². The maximum absolute atomic E-state index is 12.0. The van der Waals surface area contributed by atoms with Crippen molar-refractivity contribution in [1.82, 2.24) is 15.3 Å². The van der Waals surface area contributed by atoms with E-state index in [9.17, 15) is 14.7 Å². The van der Waals surface area contributed by atoms with Crippen molar-refractivity contribution in [2.45, 2.75) is 46.1 Å². The Hall–Kier alpha value is -1.85. The van der Waals surface area contributed by atoms with Crippen molar-refractivity contribution in [2.24, 2.45) is 5.41 Å². The van der Waals surface area contributed by atoms with Crippen molar-refractivity contribution in [3.05, 3.63) is 18.2 Å². The van der Waals surface area contributed by atoms with Crippen LogP contribution in [0.1, 0.15) is 51.9 Å². The molecule has 1 amide bonds. The third kappa shape index (κ3) is 3.56. The van der Waals surface area contributed by atoms with Gasteiger partial charge in [-0.25, -0.2) is 4.98 Å². The molecular weight excluding hydrogens is 246 g/mol. The summed E-state index contributed by atoms with van der Waals surface area (Å²) >= 11 is 0. The third-order valence-electron chi connectivity index (χ3n) is 3.61. The molecule has 0 aromatic carbocycles. The molecule has 1 heterocycles. The van der Waals surface area contributed by atoms with Gasteiger partial charge in [0.25, 0.3) is 0 Å². The number of hydrogen-bond donors (Lipinski definition) is 3. The Bertz CT molecular complexity index is 424. The summed E-state index contributed by atoms with van der Waals surface area (Å²) in [6, 6.07) is -0.261. The highest BCUT2D eigenvalue weighted by molar-refractivity contribution is 5.85. The highest BCUT2D eigenvalue weighted by Crippen LogP contribution is 2.31. The van der Waals surface area contributed by atoms with Gasteiger partial charge in [0.05, 0.1) is 11.5 Å². The number of aliphatic carboxylic acids is 1. The van der Waals surface area contributed by atoms with E-state index >= 15 is 0 Å². The van der Waals surface area contributed by atoms with Crippen LogP contribution in [0.3, 0.4) is 0 Å². The number of carbonyl (C=O) groups excluding carboxylic acids is 1. The number of carbonyl (C=O) groups is 2. The molecule has 0 aliphatic rings. The first-order valence-electron chi connectivity index (χ1n) is 6.47. The van der Waals surface area contributed by atoms with Crippen molar-refractivity contribution >= 4 is 11.9 Å². The lowest BCUT2D eigenvalue weighted by atomic mass is 9.79. The minimum atomic E-state index is -0.979. The molecule has 0 aliphatic heterocycles. The topological polar surface area (TPSA) is 95.1 Å². The summed E-state index contributed by atoms with van der Waals surface area (Å²) < 4.78 is 0. The molecule has 1 aromatic heterocycles. The van der Waals surface area contributed by atoms with Crippen LogP contribution in [0, 0.1) is 5.41 Å². The van der Waals surface area contributed by atoms with E-state index < -0.39 is 11.4 Å². The fraction of sp³-hybridized carbons (Fsp3) is 0.615. The number of aromatic nitrogens is 2. The number of hydrogen-bond acceptors (Lipinski definition) is 3. The molecule has 0 saturated carbocycles. The maximum atomic E-state index is 12.0. The minimum Gasteiger partial charge on any atom is -0.481 e. The molecule has 0 aliphatic carbocycles. The van der Waals surface area contributed by atoms with Crippen LogP contribution in [0.5, 0.6) is 0 Å². The van der Waals surface area contributed by atoms with Crippen LogP contribution in [0.2, 0.25) is 0 Å². The van der Waals surface area contributed by atoms with Crippen molar-refractivity contribution in [2.75, 3.05) is 0 Å². The number of rotatable bonds is 7. The van der Waals surface area contributed by atoms with Crippen LogP contribution in [-0.4, -0.2) is 27.0 Å². The largest absolute Gasteiger partial charge is 0.481 e. The Kier molecular flexibility index (Phi) is 5.09. The molecule has 3 N–H and O–H groups in total. The molecule has 1 rings (SSSR count). The average Bonchev–Trinajstić information content (AvgIpc) is 2.89. The van der Waals surface area contributed by atoms with E-state index in [1.165, 1.54) is 0 Å². The lowest BCUT2D eigenvalue weighted by molar-refractivity contribution is -0.152. The minimum absolute atomic E-state index is 0.0135. The molecule has 106 valence electrons. The van der Waals surface area contributed by atoms with Crippen LogP contribution in [-0.2, 0) is 9.59 Å². The van der Waals surface area contributed by atoms with E-state index in [1.54, 1.807) is 33.2 Å². The number of imidazole rings is 1. The molecular formula is C13H21N3O3. The second kappa shape index (κ2) is 6.36. The Morgan fingerprint density at radius 3 is 2.53 bits per heavy atom. The molecule has 1 atom stereocenters. The predicted octanol–water partition coefficient (Wildman–Crippen LogP) is 1.87. The van der Waals surface area contributed by atoms with Crippen molar-refractivity contribution < 1.29 is 14.7 Å². The third-order valence-corrected chi connectivity index (χ3v) is 3.61. The Morgan fingerprint density at radius 2 is 2.11 bits per heavy atom. The van der Waals surface area contributed by atoms with E-state index in [2.05, 4.69) is 15.3 Å². The first-order chi connectivity index (χ1) is 8.95. The molecule has 6 nitrogen and oxygen atoms in total. The molecule has 0 spiro atoms. The fourth-order valence-corrected chi connectivity index (χ4v) is 2.06. The Morgan fingerprint density at radius 1 is 1.47 bits per heavy atom. The van der Waals surface area contributed by atoms with Gasteiger partial charge in [0.2, 0.25) is 5.91 Å². The highest BCUT2D eigenvalue weighted by Gasteiger charge is 2.37. The summed E-state index contributed by atoms with van der Waals surface area (Å²) in [7, 11) is 0. The van der Waals surface area contributed by atoms with Crippen LogP contribution in [0.4, 0.5) is 0 Å². The first-order valence-corrected chi connectivity index (χ1v) is 6.47. The zero-order valence-electron chi connectivity index (χ0n) is 11.6. The number of aromatic amines is 1. The number of nitrogens with zero attached hydrogens (tertiary/aromatic N) is 1. The van der Waals surface area contributed by atoms with E-state index in [0.29, 0.717) is 18.7 Å². The molecule has 1 aromatic rings. The summed E-state index contributed by atoms with van der Waals surface area (Å²) in [6.45, 7) is 5.39. The standard InChI is InChI=1S/C13H21N3O3/c1-4-13(5-2,12(18)19)8-10(17)16-9(3)11-14-6-7-15-11/h6-7,9H,4-5,8H2,1-3H3,(H,14,15)(H,16,17)(H,18,19). The van der Waals surface area contributed by atoms with Crippen LogP contribution in [0.15, 0.2) is 12.4 Å². The number of nitrogens with one attached hydrogen (secondary N) is 2.